The Morgan fingerprint density at radius 2 is 2.43 bits per heavy atom. The van der Waals surface area contributed by atoms with Gasteiger partial charge in [-0.25, -0.2) is 0 Å². The summed E-state index contributed by atoms with van der Waals surface area (Å²) in [5, 5.41) is 1.97. The Balaban J connectivity index is 2.25. The zero-order valence-corrected chi connectivity index (χ0v) is 9.56. The van der Waals surface area contributed by atoms with Gasteiger partial charge in [0.2, 0.25) is 0 Å². The lowest BCUT2D eigenvalue weighted by Crippen LogP contribution is -2.09. The van der Waals surface area contributed by atoms with E-state index in [9.17, 15) is 4.79 Å². The summed E-state index contributed by atoms with van der Waals surface area (Å²) in [6.45, 7) is 1.98. The lowest BCUT2D eigenvalue weighted by atomic mass is 10.2. The summed E-state index contributed by atoms with van der Waals surface area (Å²) >= 11 is 8.00. The van der Waals surface area contributed by atoms with E-state index in [2.05, 4.69) is 0 Å². The van der Waals surface area contributed by atoms with Crippen LogP contribution in [0.5, 0.6) is 0 Å². The number of thiophene rings is 1. The largest absolute Gasteiger partial charge is 0.469 e. The van der Waals surface area contributed by atoms with Crippen LogP contribution in [-0.4, -0.2) is 13.1 Å². The third-order valence-electron chi connectivity index (χ3n) is 2.86. The molecule has 1 heterocycles. The summed E-state index contributed by atoms with van der Waals surface area (Å²) in [6, 6.07) is 3.92. The van der Waals surface area contributed by atoms with Gasteiger partial charge in [-0.05, 0) is 17.4 Å². The molecule has 2 rings (SSSR count). The molecule has 1 aromatic rings. The fraction of sp³-hybridized carbons (Fsp3) is 0.500. The lowest BCUT2D eigenvalue weighted by molar-refractivity contribution is -0.142. The minimum absolute atomic E-state index is 0.162. The number of hydrogen-bond acceptors (Lipinski definition) is 3. The monoisotopic (exact) mass is 230 g/mol. The Labute approximate surface area is 91.8 Å². The Bertz CT molecular complexity index is 349. The normalized spacial score (nSPS) is 35.4. The molecular formula is C10H11ClO2S. The predicted molar refractivity (Wildman–Crippen MR) is 56.5 cm³/mol. The summed E-state index contributed by atoms with van der Waals surface area (Å²) in [7, 11) is 1.40. The smallest absolute Gasteiger partial charge is 0.311 e. The molecule has 1 fully saturated rings. The Morgan fingerprint density at radius 1 is 1.71 bits per heavy atom. The fourth-order valence-corrected chi connectivity index (χ4v) is 3.39. The Hall–Kier alpha value is -0.540. The molecule has 0 aromatic carbocycles. The number of halogens is 1. The molecule has 0 aliphatic heterocycles. The molecule has 2 nitrogen and oxygen atoms in total. The predicted octanol–water partition coefficient (Wildman–Crippen LogP) is 2.62. The SMILES string of the molecule is COC(=O)C1C(C)C1(Cl)c1cccs1. The summed E-state index contributed by atoms with van der Waals surface area (Å²) < 4.78 is 4.72. The zero-order chi connectivity index (χ0) is 10.3. The fourth-order valence-electron chi connectivity index (χ4n) is 1.90. The van der Waals surface area contributed by atoms with Gasteiger partial charge in [-0.15, -0.1) is 22.9 Å². The number of hydrogen-bond donors (Lipinski definition) is 0. The van der Waals surface area contributed by atoms with E-state index in [1.807, 2.05) is 24.4 Å². The highest BCUT2D eigenvalue weighted by Gasteiger charge is 2.67. The first-order chi connectivity index (χ1) is 6.62. The van der Waals surface area contributed by atoms with Gasteiger partial charge in [-0.2, -0.15) is 0 Å². The molecule has 1 aliphatic rings. The second-order valence-electron chi connectivity index (χ2n) is 3.53. The number of esters is 1. The van der Waals surface area contributed by atoms with E-state index in [0.717, 1.165) is 4.88 Å². The van der Waals surface area contributed by atoms with Crippen molar-refractivity contribution >= 4 is 28.9 Å². The van der Waals surface area contributed by atoms with Gasteiger partial charge in [-0.1, -0.05) is 13.0 Å². The van der Waals surface area contributed by atoms with Gasteiger partial charge < -0.3 is 4.74 Å². The van der Waals surface area contributed by atoms with Crippen molar-refractivity contribution in [1.82, 2.24) is 0 Å². The second-order valence-corrected chi connectivity index (χ2v) is 5.11. The number of rotatable bonds is 2. The van der Waals surface area contributed by atoms with Crippen molar-refractivity contribution in [2.45, 2.75) is 11.8 Å². The molecule has 76 valence electrons. The minimum atomic E-state index is -0.513. The molecule has 0 radical (unpaired) electrons. The van der Waals surface area contributed by atoms with Crippen LogP contribution in [-0.2, 0) is 14.4 Å². The van der Waals surface area contributed by atoms with Crippen molar-refractivity contribution in [2.24, 2.45) is 11.8 Å². The number of carbonyl (C=O) groups is 1. The molecule has 0 amide bonds. The highest BCUT2D eigenvalue weighted by molar-refractivity contribution is 7.10. The van der Waals surface area contributed by atoms with Crippen LogP contribution in [0.25, 0.3) is 0 Å². The number of carbonyl (C=O) groups excluding carboxylic acids is 1. The number of methoxy groups -OCH3 is 1. The van der Waals surface area contributed by atoms with E-state index in [4.69, 9.17) is 16.3 Å². The van der Waals surface area contributed by atoms with Crippen molar-refractivity contribution < 1.29 is 9.53 Å². The van der Waals surface area contributed by atoms with E-state index in [1.165, 1.54) is 7.11 Å². The van der Waals surface area contributed by atoms with Crippen LogP contribution >= 0.6 is 22.9 Å². The standard InChI is InChI=1S/C10H11ClO2S/c1-6-8(9(12)13-2)10(6,11)7-4-3-5-14-7/h3-6,8H,1-2H3. The molecular weight excluding hydrogens is 220 g/mol. The zero-order valence-electron chi connectivity index (χ0n) is 7.99. The third-order valence-corrected chi connectivity index (χ3v) is 4.78. The molecule has 0 saturated heterocycles. The van der Waals surface area contributed by atoms with Gasteiger partial charge in [0.25, 0.3) is 0 Å². The maximum Gasteiger partial charge on any atom is 0.311 e. The molecule has 1 aromatic heterocycles. The highest BCUT2D eigenvalue weighted by Crippen LogP contribution is 2.64. The molecule has 1 aliphatic carbocycles. The number of alkyl halides is 1. The Morgan fingerprint density at radius 3 is 2.93 bits per heavy atom. The van der Waals surface area contributed by atoms with Crippen LogP contribution in [0.4, 0.5) is 0 Å². The van der Waals surface area contributed by atoms with Crippen LogP contribution in [0.15, 0.2) is 17.5 Å². The van der Waals surface area contributed by atoms with Crippen molar-refractivity contribution in [3.63, 3.8) is 0 Å². The number of ether oxygens (including phenoxy) is 1. The maximum absolute atomic E-state index is 11.4. The van der Waals surface area contributed by atoms with Crippen LogP contribution in [0.2, 0.25) is 0 Å². The van der Waals surface area contributed by atoms with Gasteiger partial charge >= 0.3 is 5.97 Å². The molecule has 14 heavy (non-hydrogen) atoms. The first kappa shape index (κ1) is 9.99. The first-order valence-corrected chi connectivity index (χ1v) is 5.68. The van der Waals surface area contributed by atoms with Gasteiger partial charge in [0.15, 0.2) is 0 Å². The van der Waals surface area contributed by atoms with Crippen molar-refractivity contribution in [1.29, 1.82) is 0 Å². The summed E-state index contributed by atoms with van der Waals surface area (Å²) in [5.41, 5.74) is 0. The summed E-state index contributed by atoms with van der Waals surface area (Å²) in [6.07, 6.45) is 0. The second kappa shape index (κ2) is 3.24. The summed E-state index contributed by atoms with van der Waals surface area (Å²) in [5.74, 6) is -0.232. The average Bonchev–Trinajstić information content (AvgIpc) is 2.65. The van der Waals surface area contributed by atoms with Gasteiger partial charge in [0, 0.05) is 4.88 Å². The first-order valence-electron chi connectivity index (χ1n) is 4.43. The van der Waals surface area contributed by atoms with E-state index >= 15 is 0 Å². The van der Waals surface area contributed by atoms with Crippen molar-refractivity contribution in [3.8, 4) is 0 Å². The lowest BCUT2D eigenvalue weighted by Gasteiger charge is -2.04. The maximum atomic E-state index is 11.4. The Kier molecular flexibility index (Phi) is 2.32. The topological polar surface area (TPSA) is 26.3 Å². The molecule has 0 bridgehead atoms. The third kappa shape index (κ3) is 1.19. The van der Waals surface area contributed by atoms with Gasteiger partial charge in [-0.3, -0.25) is 4.79 Å². The molecule has 1 saturated carbocycles. The van der Waals surface area contributed by atoms with Crippen LogP contribution in [0.3, 0.4) is 0 Å². The van der Waals surface area contributed by atoms with Crippen LogP contribution < -0.4 is 0 Å². The van der Waals surface area contributed by atoms with Gasteiger partial charge in [0.05, 0.1) is 17.9 Å². The van der Waals surface area contributed by atoms with E-state index in [-0.39, 0.29) is 17.8 Å². The van der Waals surface area contributed by atoms with E-state index < -0.39 is 4.87 Å². The van der Waals surface area contributed by atoms with Gasteiger partial charge in [0.1, 0.15) is 0 Å². The molecule has 0 N–H and O–H groups in total. The van der Waals surface area contributed by atoms with E-state index in [0.29, 0.717) is 0 Å². The van der Waals surface area contributed by atoms with Crippen molar-refractivity contribution in [3.05, 3.63) is 22.4 Å². The molecule has 4 heteroatoms. The van der Waals surface area contributed by atoms with Crippen LogP contribution in [0, 0.1) is 11.8 Å². The molecule has 3 atom stereocenters. The minimum Gasteiger partial charge on any atom is -0.469 e. The summed E-state index contributed by atoms with van der Waals surface area (Å²) in [4.78, 5) is 11.9. The molecule has 3 unspecified atom stereocenters. The average molecular weight is 231 g/mol. The van der Waals surface area contributed by atoms with Crippen LogP contribution in [0.1, 0.15) is 11.8 Å². The quantitative estimate of drug-likeness (QED) is 0.577. The van der Waals surface area contributed by atoms with E-state index in [1.54, 1.807) is 11.3 Å². The van der Waals surface area contributed by atoms with Crippen molar-refractivity contribution in [2.75, 3.05) is 7.11 Å². The highest BCUT2D eigenvalue weighted by atomic mass is 35.5. The molecule has 0 spiro atoms.